The molecule has 38 heavy (non-hydrogen) atoms. The fraction of sp³-hybridized carbons (Fsp3) is 0.424. The molecule has 2 radical (unpaired) electrons. The normalized spacial score (nSPS) is 10.4. The van der Waals surface area contributed by atoms with Crippen molar-refractivity contribution in [1.29, 1.82) is 0 Å². The van der Waals surface area contributed by atoms with Gasteiger partial charge in [-0.15, -0.1) is 81.2 Å². The molecule has 0 saturated carbocycles. The number of rotatable bonds is 8. The Hall–Kier alpha value is -0.573. The predicted molar refractivity (Wildman–Crippen MR) is 167 cm³/mol. The number of halogens is 2. The number of hydrogen-bond donors (Lipinski definition) is 0. The summed E-state index contributed by atoms with van der Waals surface area (Å²) in [5.74, 6) is 0. The summed E-state index contributed by atoms with van der Waals surface area (Å²) < 4.78 is 1.51. The topological polar surface area (TPSA) is 0 Å². The van der Waals surface area contributed by atoms with Crippen molar-refractivity contribution in [3.8, 4) is 0 Å². The van der Waals surface area contributed by atoms with Crippen molar-refractivity contribution >= 4 is 52.7 Å². The van der Waals surface area contributed by atoms with Crippen molar-refractivity contribution < 1.29 is 49.0 Å². The molecule has 0 aromatic heterocycles. The Morgan fingerprint density at radius 3 is 1.16 bits per heavy atom. The van der Waals surface area contributed by atoms with E-state index in [1.165, 1.54) is 61.8 Å². The monoisotopic (exact) mass is 658 g/mol. The van der Waals surface area contributed by atoms with Crippen LogP contribution < -0.4 is 35.2 Å². The Bertz CT molecular complexity index is 1120. The van der Waals surface area contributed by atoms with Crippen molar-refractivity contribution in [2.24, 2.45) is 0 Å². The van der Waals surface area contributed by atoms with Gasteiger partial charge in [-0.2, -0.15) is 10.4 Å². The second-order valence-corrected chi connectivity index (χ2v) is 18.3. The van der Waals surface area contributed by atoms with E-state index in [-0.39, 0.29) is 42.4 Å². The fourth-order valence-electron chi connectivity index (χ4n) is 5.17. The van der Waals surface area contributed by atoms with Crippen LogP contribution >= 0.6 is 0 Å². The molecule has 4 aromatic rings. The van der Waals surface area contributed by atoms with Gasteiger partial charge in [0.2, 0.25) is 0 Å². The molecule has 0 aliphatic heterocycles. The molecule has 5 heteroatoms. The quantitative estimate of drug-likeness (QED) is 0.202. The Balaban J connectivity index is 0.000000604. The molecule has 0 unspecified atom stereocenters. The molecule has 0 nitrogen and oxygen atoms in total. The van der Waals surface area contributed by atoms with Crippen LogP contribution in [0.5, 0.6) is 0 Å². The third-order valence-corrected chi connectivity index (χ3v) is 12.9. The molecule has 0 spiro atoms. The minimum Gasteiger partial charge on any atom is -1.00 e. The summed E-state index contributed by atoms with van der Waals surface area (Å²) in [5, 5.41) is 9.37. The SMILES string of the molecule is CCc1[cH-]c2ccccc2c1[Si](CC)CC.CCc1[cH-]c2ccccc2c1[Si](CC)CC.C[C](C)=[Zr+2].[Cl-].[Cl-]. The van der Waals surface area contributed by atoms with Gasteiger partial charge in [-0.25, -0.2) is 0 Å². The number of fused-ring (bicyclic) bond motifs is 2. The van der Waals surface area contributed by atoms with Crippen molar-refractivity contribution in [3.05, 3.63) is 71.8 Å². The van der Waals surface area contributed by atoms with Crippen LogP contribution in [-0.4, -0.2) is 20.8 Å². The van der Waals surface area contributed by atoms with Gasteiger partial charge >= 0.3 is 41.3 Å². The molecule has 0 aliphatic rings. The zero-order chi connectivity index (χ0) is 26.7. The minimum atomic E-state index is -0.325. The second kappa shape index (κ2) is 19.5. The van der Waals surface area contributed by atoms with Crippen LogP contribution in [0.2, 0.25) is 24.2 Å². The standard InChI is InChI=1S/2C15H20Si.C3H6.2ClH.Zr/c2*1-4-12-11-13-9-7-8-10-14(13)15(12)16(5-2)6-3;1-3-2;;;/h2*7-11H,4-6H2,1-3H3;1-2H3;2*1H;/q2*-1;;;;+2/p-2. The summed E-state index contributed by atoms with van der Waals surface area (Å²) in [6, 6.07) is 28.0. The summed E-state index contributed by atoms with van der Waals surface area (Å²) in [6.45, 7) is 18.2. The van der Waals surface area contributed by atoms with Crippen LogP contribution in [-0.2, 0) is 37.1 Å². The van der Waals surface area contributed by atoms with Crippen LogP contribution in [0.4, 0.5) is 0 Å². The smallest absolute Gasteiger partial charge is 1.00 e. The van der Waals surface area contributed by atoms with Gasteiger partial charge in [0.05, 0.1) is 0 Å². The third-order valence-electron chi connectivity index (χ3n) is 6.94. The number of benzene rings is 2. The maximum atomic E-state index is 2.40. The minimum absolute atomic E-state index is 0. The van der Waals surface area contributed by atoms with Gasteiger partial charge in [0.25, 0.3) is 0 Å². The summed E-state index contributed by atoms with van der Waals surface area (Å²) in [4.78, 5) is 0. The molecule has 0 atom stereocenters. The van der Waals surface area contributed by atoms with E-state index in [1.807, 2.05) is 0 Å². The van der Waals surface area contributed by atoms with E-state index in [4.69, 9.17) is 0 Å². The summed E-state index contributed by atoms with van der Waals surface area (Å²) in [7, 11) is -0.649. The van der Waals surface area contributed by atoms with Gasteiger partial charge in [0, 0.05) is 17.6 Å². The van der Waals surface area contributed by atoms with Gasteiger partial charge in [-0.3, -0.25) is 0 Å². The molecule has 0 saturated heterocycles. The molecule has 0 amide bonds. The fourth-order valence-corrected chi connectivity index (χ4v) is 10.2. The van der Waals surface area contributed by atoms with Crippen LogP contribution in [0, 0.1) is 0 Å². The van der Waals surface area contributed by atoms with Crippen molar-refractivity contribution in [2.75, 3.05) is 0 Å². The van der Waals surface area contributed by atoms with Gasteiger partial charge in [0.1, 0.15) is 0 Å². The van der Waals surface area contributed by atoms with Gasteiger partial charge in [0.15, 0.2) is 0 Å². The van der Waals surface area contributed by atoms with Crippen molar-refractivity contribution in [1.82, 2.24) is 0 Å². The third kappa shape index (κ3) is 9.81. The van der Waals surface area contributed by atoms with Crippen LogP contribution in [0.1, 0.15) is 66.5 Å². The first-order valence-electron chi connectivity index (χ1n) is 13.9. The summed E-state index contributed by atoms with van der Waals surface area (Å²) >= 11 is 1.55. The van der Waals surface area contributed by atoms with E-state index in [9.17, 15) is 0 Å². The van der Waals surface area contributed by atoms with E-state index in [1.54, 1.807) is 45.7 Å². The van der Waals surface area contributed by atoms with Crippen molar-refractivity contribution in [3.63, 3.8) is 0 Å². The van der Waals surface area contributed by atoms with Crippen LogP contribution in [0.3, 0.4) is 0 Å². The predicted octanol–water partition coefficient (Wildman–Crippen LogP) is 2.48. The molecule has 206 valence electrons. The Morgan fingerprint density at radius 2 is 0.895 bits per heavy atom. The molecule has 4 rings (SSSR count). The van der Waals surface area contributed by atoms with Crippen LogP contribution in [0.25, 0.3) is 21.5 Å². The van der Waals surface area contributed by atoms with Gasteiger partial charge in [-0.05, 0) is 12.8 Å². The van der Waals surface area contributed by atoms with E-state index in [0.717, 1.165) is 0 Å². The van der Waals surface area contributed by atoms with E-state index >= 15 is 0 Å². The molecule has 0 bridgehead atoms. The first kappa shape index (κ1) is 37.4. The number of aryl methyl sites for hydroxylation is 2. The first-order chi connectivity index (χ1) is 17.4. The Kier molecular flexibility index (Phi) is 19.2. The maximum Gasteiger partial charge on any atom is -1.00 e. The van der Waals surface area contributed by atoms with E-state index in [0.29, 0.717) is 0 Å². The maximum absolute atomic E-state index is 2.40. The van der Waals surface area contributed by atoms with E-state index in [2.05, 4.69) is 116 Å². The Labute approximate surface area is 264 Å². The molecular formula is C33H46Cl2Si2Zr-2. The first-order valence-corrected chi connectivity index (χ1v) is 19.0. The molecular weight excluding hydrogens is 615 g/mol. The molecule has 0 aliphatic carbocycles. The summed E-state index contributed by atoms with van der Waals surface area (Å²) in [6.07, 6.45) is 2.36. The second-order valence-electron chi connectivity index (χ2n) is 9.59. The average molecular weight is 661 g/mol. The molecule has 0 fully saturated rings. The molecule has 0 N–H and O–H groups in total. The zero-order valence-electron chi connectivity index (χ0n) is 24.8. The molecule has 0 heterocycles. The zero-order valence-corrected chi connectivity index (χ0v) is 30.7. The largest absolute Gasteiger partial charge is 1.00 e. The van der Waals surface area contributed by atoms with Gasteiger partial charge in [-0.1, -0.05) is 77.9 Å². The number of hydrogen-bond acceptors (Lipinski definition) is 0. The van der Waals surface area contributed by atoms with Crippen LogP contribution in [0.15, 0.2) is 60.7 Å². The summed E-state index contributed by atoms with van der Waals surface area (Å²) in [5.41, 5.74) is 3.19. The van der Waals surface area contributed by atoms with E-state index < -0.39 is 0 Å². The average Bonchev–Trinajstić information content (AvgIpc) is 3.45. The van der Waals surface area contributed by atoms with Crippen molar-refractivity contribution in [2.45, 2.75) is 92.4 Å². The Morgan fingerprint density at radius 1 is 0.605 bits per heavy atom. The van der Waals surface area contributed by atoms with Gasteiger partial charge < -0.3 is 24.8 Å². The molecule has 4 aromatic carbocycles.